The second-order valence-electron chi connectivity index (χ2n) is 8.74. The number of aromatic nitrogens is 2. The molecule has 0 aliphatic rings. The maximum Gasteiger partial charge on any atom is 0.255 e. The highest BCUT2D eigenvalue weighted by Gasteiger charge is 2.10. The van der Waals surface area contributed by atoms with Crippen molar-refractivity contribution in [3.05, 3.63) is 115 Å². The van der Waals surface area contributed by atoms with E-state index in [4.69, 9.17) is 9.72 Å². The van der Waals surface area contributed by atoms with Gasteiger partial charge in [0.15, 0.2) is 0 Å². The number of rotatable bonds is 7. The van der Waals surface area contributed by atoms with E-state index in [9.17, 15) is 4.79 Å². The molecule has 0 atom stereocenters. The third-order valence-corrected chi connectivity index (χ3v) is 5.73. The minimum atomic E-state index is -0.195. The predicted molar refractivity (Wildman–Crippen MR) is 144 cm³/mol. The number of hydrogen-bond acceptors (Lipinski definition) is 5. The monoisotopic (exact) mass is 474 g/mol. The van der Waals surface area contributed by atoms with E-state index in [-0.39, 0.29) is 5.91 Å². The molecular formula is C30H26N4O2. The van der Waals surface area contributed by atoms with Gasteiger partial charge >= 0.3 is 0 Å². The van der Waals surface area contributed by atoms with Crippen molar-refractivity contribution in [2.45, 2.75) is 19.8 Å². The van der Waals surface area contributed by atoms with Gasteiger partial charge in [-0.3, -0.25) is 14.8 Å². The Labute approximate surface area is 210 Å². The van der Waals surface area contributed by atoms with Gasteiger partial charge in [0.2, 0.25) is 0 Å². The summed E-state index contributed by atoms with van der Waals surface area (Å²) in [7, 11) is 0. The first kappa shape index (κ1) is 23.1. The molecule has 6 nitrogen and oxygen atoms in total. The average Bonchev–Trinajstić information content (AvgIpc) is 2.90. The number of fused-ring (bicyclic) bond motifs is 1. The van der Waals surface area contributed by atoms with Crippen LogP contribution in [0.15, 0.2) is 103 Å². The molecule has 6 heteroatoms. The molecule has 3 aromatic carbocycles. The van der Waals surface area contributed by atoms with E-state index in [1.807, 2.05) is 60.7 Å². The SMILES string of the molecule is CC(C)c1cc(Nc2ccc(C(=O)Nc3cccc(Oc4ccncc4)c3)cc2)c2ccccc2n1. The van der Waals surface area contributed by atoms with Gasteiger partial charge in [0, 0.05) is 52.2 Å². The van der Waals surface area contributed by atoms with Crippen LogP contribution in [0.5, 0.6) is 11.5 Å². The van der Waals surface area contributed by atoms with Gasteiger partial charge in [0.1, 0.15) is 11.5 Å². The Morgan fingerprint density at radius 3 is 2.36 bits per heavy atom. The number of carbonyl (C=O) groups excluding carboxylic acids is 1. The minimum Gasteiger partial charge on any atom is -0.457 e. The number of nitrogens with zero attached hydrogens (tertiary/aromatic N) is 2. The molecule has 0 saturated carbocycles. The van der Waals surface area contributed by atoms with Crippen LogP contribution in [0.1, 0.15) is 35.8 Å². The Morgan fingerprint density at radius 1 is 0.806 bits per heavy atom. The maximum absolute atomic E-state index is 12.9. The quantitative estimate of drug-likeness (QED) is 0.255. The van der Waals surface area contributed by atoms with E-state index >= 15 is 0 Å². The second kappa shape index (κ2) is 10.3. The van der Waals surface area contributed by atoms with Crippen LogP contribution < -0.4 is 15.4 Å². The van der Waals surface area contributed by atoms with Crippen molar-refractivity contribution in [2.75, 3.05) is 10.6 Å². The zero-order valence-corrected chi connectivity index (χ0v) is 20.1. The van der Waals surface area contributed by atoms with Crippen molar-refractivity contribution in [3.8, 4) is 11.5 Å². The fourth-order valence-corrected chi connectivity index (χ4v) is 3.84. The van der Waals surface area contributed by atoms with Crippen LogP contribution in [-0.2, 0) is 0 Å². The number of benzene rings is 3. The van der Waals surface area contributed by atoms with E-state index in [1.54, 1.807) is 30.6 Å². The highest BCUT2D eigenvalue weighted by atomic mass is 16.5. The van der Waals surface area contributed by atoms with Crippen LogP contribution in [0.4, 0.5) is 17.1 Å². The molecule has 0 fully saturated rings. The van der Waals surface area contributed by atoms with Crippen LogP contribution in [0.2, 0.25) is 0 Å². The van der Waals surface area contributed by atoms with Gasteiger partial charge in [-0.05, 0) is 66.6 Å². The molecule has 178 valence electrons. The van der Waals surface area contributed by atoms with Crippen LogP contribution in [0.3, 0.4) is 0 Å². The lowest BCUT2D eigenvalue weighted by Gasteiger charge is -2.14. The Hall–Kier alpha value is -4.71. The second-order valence-corrected chi connectivity index (χ2v) is 8.74. The molecule has 0 unspecified atom stereocenters. The summed E-state index contributed by atoms with van der Waals surface area (Å²) in [6.07, 6.45) is 3.33. The van der Waals surface area contributed by atoms with Crippen molar-refractivity contribution in [1.82, 2.24) is 9.97 Å². The van der Waals surface area contributed by atoms with Crippen LogP contribution in [0, 0.1) is 0 Å². The Bertz CT molecular complexity index is 1500. The zero-order valence-electron chi connectivity index (χ0n) is 20.1. The van der Waals surface area contributed by atoms with Gasteiger partial charge in [-0.1, -0.05) is 38.1 Å². The number of anilines is 3. The normalized spacial score (nSPS) is 10.9. The lowest BCUT2D eigenvalue weighted by Crippen LogP contribution is -2.11. The highest BCUT2D eigenvalue weighted by Crippen LogP contribution is 2.29. The van der Waals surface area contributed by atoms with Crippen molar-refractivity contribution < 1.29 is 9.53 Å². The molecule has 0 aliphatic carbocycles. The van der Waals surface area contributed by atoms with Crippen molar-refractivity contribution >= 4 is 33.9 Å². The molecule has 5 rings (SSSR count). The first-order valence-electron chi connectivity index (χ1n) is 11.8. The number of nitrogens with one attached hydrogen (secondary N) is 2. The summed E-state index contributed by atoms with van der Waals surface area (Å²) in [4.78, 5) is 21.6. The fraction of sp³-hybridized carbons (Fsp3) is 0.100. The van der Waals surface area contributed by atoms with E-state index in [0.29, 0.717) is 28.7 Å². The fourth-order valence-electron chi connectivity index (χ4n) is 3.84. The van der Waals surface area contributed by atoms with E-state index in [0.717, 1.165) is 28.0 Å². The predicted octanol–water partition coefficient (Wildman–Crippen LogP) is 7.54. The van der Waals surface area contributed by atoms with Crippen molar-refractivity contribution in [1.29, 1.82) is 0 Å². The molecule has 0 aliphatic heterocycles. The number of amides is 1. The maximum atomic E-state index is 12.9. The summed E-state index contributed by atoms with van der Waals surface area (Å²) in [5.41, 5.74) is 5.08. The third-order valence-electron chi connectivity index (χ3n) is 5.73. The third kappa shape index (κ3) is 5.33. The van der Waals surface area contributed by atoms with Crippen LogP contribution >= 0.6 is 0 Å². The number of carbonyl (C=O) groups is 1. The number of ether oxygens (including phenoxy) is 1. The molecule has 36 heavy (non-hydrogen) atoms. The van der Waals surface area contributed by atoms with Crippen LogP contribution in [-0.4, -0.2) is 15.9 Å². The van der Waals surface area contributed by atoms with E-state index in [2.05, 4.69) is 41.6 Å². The summed E-state index contributed by atoms with van der Waals surface area (Å²) < 4.78 is 5.83. The first-order valence-corrected chi connectivity index (χ1v) is 11.8. The largest absolute Gasteiger partial charge is 0.457 e. The zero-order chi connectivity index (χ0) is 24.9. The number of hydrogen-bond donors (Lipinski definition) is 2. The molecule has 0 radical (unpaired) electrons. The molecular weight excluding hydrogens is 448 g/mol. The number of para-hydroxylation sites is 1. The molecule has 2 heterocycles. The van der Waals surface area contributed by atoms with Gasteiger partial charge in [-0.2, -0.15) is 0 Å². The van der Waals surface area contributed by atoms with Gasteiger partial charge in [-0.15, -0.1) is 0 Å². The molecule has 0 saturated heterocycles. The van der Waals surface area contributed by atoms with Crippen LogP contribution in [0.25, 0.3) is 10.9 Å². The summed E-state index contributed by atoms with van der Waals surface area (Å²) >= 11 is 0. The van der Waals surface area contributed by atoms with Gasteiger partial charge in [-0.25, -0.2) is 0 Å². The topological polar surface area (TPSA) is 76.1 Å². The van der Waals surface area contributed by atoms with Gasteiger partial charge in [0.25, 0.3) is 5.91 Å². The Kier molecular flexibility index (Phi) is 6.58. The summed E-state index contributed by atoms with van der Waals surface area (Å²) in [5.74, 6) is 1.43. The molecule has 0 spiro atoms. The minimum absolute atomic E-state index is 0.195. The van der Waals surface area contributed by atoms with Gasteiger partial charge in [0.05, 0.1) is 5.52 Å². The van der Waals surface area contributed by atoms with E-state index < -0.39 is 0 Å². The lowest BCUT2D eigenvalue weighted by atomic mass is 10.1. The van der Waals surface area contributed by atoms with Crippen molar-refractivity contribution in [3.63, 3.8) is 0 Å². The van der Waals surface area contributed by atoms with Crippen molar-refractivity contribution in [2.24, 2.45) is 0 Å². The molecule has 2 aromatic heterocycles. The van der Waals surface area contributed by atoms with E-state index in [1.165, 1.54) is 0 Å². The number of pyridine rings is 2. The standard InChI is InChI=1S/C30H26N4O2/c1-20(2)28-19-29(26-8-3-4-9-27(26)34-28)32-22-12-10-21(11-13-22)30(35)33-23-6-5-7-25(18-23)36-24-14-16-31-17-15-24/h3-20H,1-2H3,(H,32,34)(H,33,35). The van der Waals surface area contributed by atoms with Gasteiger partial charge < -0.3 is 15.4 Å². The summed E-state index contributed by atoms with van der Waals surface area (Å²) in [6, 6.07) is 28.4. The summed E-state index contributed by atoms with van der Waals surface area (Å²) in [6.45, 7) is 4.27. The molecule has 1 amide bonds. The highest BCUT2D eigenvalue weighted by molar-refractivity contribution is 6.04. The molecule has 2 N–H and O–H groups in total. The lowest BCUT2D eigenvalue weighted by molar-refractivity contribution is 0.102. The molecule has 5 aromatic rings. The average molecular weight is 475 g/mol. The first-order chi connectivity index (χ1) is 17.5. The molecule has 0 bridgehead atoms. The Morgan fingerprint density at radius 2 is 1.58 bits per heavy atom. The summed E-state index contributed by atoms with van der Waals surface area (Å²) in [5, 5.41) is 7.49. The smallest absolute Gasteiger partial charge is 0.255 e. The Balaban J connectivity index is 1.30.